The average molecular weight is 849 g/mol. The number of nitrogens with one attached hydrogen (secondary N) is 2. The van der Waals surface area contributed by atoms with Gasteiger partial charge in [-0.3, -0.25) is 8.88 Å². The molecule has 1 saturated heterocycles. The third kappa shape index (κ3) is 10.2. The van der Waals surface area contributed by atoms with Crippen LogP contribution in [0, 0.1) is 0 Å². The molecule has 0 saturated carbocycles. The molecule has 0 spiro atoms. The van der Waals surface area contributed by atoms with Crippen molar-refractivity contribution < 1.29 is 0 Å². The summed E-state index contributed by atoms with van der Waals surface area (Å²) in [4.78, 5) is 0. The van der Waals surface area contributed by atoms with Gasteiger partial charge in [-0.2, -0.15) is 0 Å². The maximum Gasteiger partial charge on any atom is 0.218 e. The third-order valence-corrected chi connectivity index (χ3v) is 17.1. The van der Waals surface area contributed by atoms with Crippen molar-refractivity contribution in [2.24, 2.45) is 0 Å². The zero-order valence-electron chi connectivity index (χ0n) is 41.9. The Morgan fingerprint density at radius 2 is 0.600 bits per heavy atom. The SMILES string of the molecule is CC(C)c1ccc(NP2N(c3c(C(C)(C)C)cc(C(C)(C)C)cc3C(C)(C)C)P(Nc3ccc(C(C)C)cc3)N2c2c(C(C)(C)C)cc(C(C)(C)C)cc2C(C)(C)C)cc1. The minimum absolute atomic E-state index is 0.000175. The summed E-state index contributed by atoms with van der Waals surface area (Å²) in [5, 5.41) is 8.56. The second-order valence-corrected chi connectivity index (χ2v) is 28.1. The normalized spacial score (nSPS) is 17.1. The fourth-order valence-corrected chi connectivity index (χ4v) is 13.2. The molecule has 1 heterocycles. The van der Waals surface area contributed by atoms with Crippen LogP contribution in [0.25, 0.3) is 0 Å². The Kier molecular flexibility index (Phi) is 13.3. The molecule has 1 aliphatic rings. The van der Waals surface area contributed by atoms with Crippen molar-refractivity contribution in [2.45, 2.75) is 197 Å². The van der Waals surface area contributed by atoms with Crippen molar-refractivity contribution in [2.75, 3.05) is 19.1 Å². The smallest absolute Gasteiger partial charge is 0.218 e. The lowest BCUT2D eigenvalue weighted by molar-refractivity contribution is 0.550. The lowest BCUT2D eigenvalue weighted by atomic mass is 9.74. The number of nitrogens with zero attached hydrogens (tertiary/aromatic N) is 2. The number of hydrogen-bond acceptors (Lipinski definition) is 4. The maximum absolute atomic E-state index is 4.28. The monoisotopic (exact) mass is 849 g/mol. The quantitative estimate of drug-likeness (QED) is 0.173. The van der Waals surface area contributed by atoms with Crippen LogP contribution in [0.1, 0.15) is 209 Å². The molecule has 4 nitrogen and oxygen atoms in total. The molecule has 0 aromatic heterocycles. The van der Waals surface area contributed by atoms with Gasteiger partial charge < -0.3 is 10.2 Å². The average Bonchev–Trinajstić information content (AvgIpc) is 3.08. The first-order valence-corrected chi connectivity index (χ1v) is 25.0. The Morgan fingerprint density at radius 1 is 0.367 bits per heavy atom. The highest BCUT2D eigenvalue weighted by Crippen LogP contribution is 2.80. The van der Waals surface area contributed by atoms with E-state index in [-0.39, 0.29) is 32.5 Å². The van der Waals surface area contributed by atoms with Crippen molar-refractivity contribution in [3.8, 4) is 0 Å². The first-order valence-electron chi connectivity index (χ1n) is 22.5. The Balaban J connectivity index is 1.96. The lowest BCUT2D eigenvalue weighted by Gasteiger charge is -2.60. The Morgan fingerprint density at radius 3 is 0.783 bits per heavy atom. The number of benzene rings is 4. The number of anilines is 4. The van der Waals surface area contributed by atoms with Crippen LogP contribution in [-0.2, 0) is 32.5 Å². The summed E-state index contributed by atoms with van der Waals surface area (Å²) in [5.74, 6) is 0.936. The number of hydrogen-bond donors (Lipinski definition) is 2. The van der Waals surface area contributed by atoms with E-state index in [9.17, 15) is 0 Å². The van der Waals surface area contributed by atoms with E-state index in [4.69, 9.17) is 0 Å². The van der Waals surface area contributed by atoms with Crippen molar-refractivity contribution in [1.82, 2.24) is 0 Å². The zero-order chi connectivity index (χ0) is 45.3. The van der Waals surface area contributed by atoms with Gasteiger partial charge in [-0.15, -0.1) is 0 Å². The van der Waals surface area contributed by atoms with Crippen molar-refractivity contribution in [3.05, 3.63) is 117 Å². The summed E-state index contributed by atoms with van der Waals surface area (Å²) in [7, 11) is -2.35. The molecule has 1 fully saturated rings. The van der Waals surface area contributed by atoms with Gasteiger partial charge in [-0.1, -0.05) is 201 Å². The highest BCUT2D eigenvalue weighted by molar-refractivity contribution is 7.96. The van der Waals surface area contributed by atoms with E-state index in [2.05, 4.69) is 244 Å². The van der Waals surface area contributed by atoms with Gasteiger partial charge in [0.2, 0.25) is 16.7 Å². The van der Waals surface area contributed by atoms with E-state index in [0.717, 1.165) is 11.4 Å². The predicted molar refractivity (Wildman–Crippen MR) is 272 cm³/mol. The van der Waals surface area contributed by atoms with E-state index < -0.39 is 16.7 Å². The summed E-state index contributed by atoms with van der Waals surface area (Å²) in [5.41, 5.74) is 15.7. The van der Waals surface area contributed by atoms with Gasteiger partial charge in [0.05, 0.1) is 11.4 Å². The molecule has 60 heavy (non-hydrogen) atoms. The van der Waals surface area contributed by atoms with Gasteiger partial charge in [0.15, 0.2) is 0 Å². The summed E-state index contributed by atoms with van der Waals surface area (Å²) in [6, 6.07) is 28.7. The van der Waals surface area contributed by atoms with Crippen LogP contribution in [0.5, 0.6) is 0 Å². The third-order valence-electron chi connectivity index (χ3n) is 11.9. The van der Waals surface area contributed by atoms with E-state index in [1.807, 2.05) is 0 Å². The van der Waals surface area contributed by atoms with Crippen LogP contribution in [0.2, 0.25) is 0 Å². The second-order valence-electron chi connectivity index (χ2n) is 24.3. The molecule has 0 atom stereocenters. The highest BCUT2D eigenvalue weighted by atomic mass is 31.3. The molecule has 5 rings (SSSR count). The van der Waals surface area contributed by atoms with Gasteiger partial charge in [0, 0.05) is 11.4 Å². The van der Waals surface area contributed by atoms with Crippen LogP contribution < -0.4 is 19.1 Å². The van der Waals surface area contributed by atoms with Crippen LogP contribution in [0.15, 0.2) is 72.8 Å². The van der Waals surface area contributed by atoms with Crippen LogP contribution in [-0.4, -0.2) is 0 Å². The van der Waals surface area contributed by atoms with Gasteiger partial charge in [0.25, 0.3) is 0 Å². The van der Waals surface area contributed by atoms with E-state index in [0.29, 0.717) is 11.8 Å². The standard InChI is InChI=1S/C54H82N4P2/c1-35(2)37-23-27-41(28-24-37)55-59-57(47-43(51(11,12)13)31-39(49(5,6)7)32-44(47)52(14,15)16)60(56-42-29-25-38(26-30-42)36(3)4)58(59)48-45(53(17,18)19)33-40(50(8,9)10)34-46(48)54(20,21)22/h23-36,55-56H,1-22H3. The summed E-state index contributed by atoms with van der Waals surface area (Å²) >= 11 is 0. The summed E-state index contributed by atoms with van der Waals surface area (Å²) in [6.45, 7) is 52.2. The molecule has 0 bridgehead atoms. The highest BCUT2D eigenvalue weighted by Gasteiger charge is 2.54. The molecular formula is C54H82N4P2. The topological polar surface area (TPSA) is 30.5 Å². The Hall–Kier alpha value is -3.06. The van der Waals surface area contributed by atoms with E-state index >= 15 is 0 Å². The predicted octanol–water partition coefficient (Wildman–Crippen LogP) is 17.7. The molecule has 4 aromatic rings. The molecular weight excluding hydrogens is 767 g/mol. The molecule has 0 aliphatic carbocycles. The van der Waals surface area contributed by atoms with Gasteiger partial charge >= 0.3 is 0 Å². The first-order chi connectivity index (χ1) is 27.2. The Bertz CT molecular complexity index is 1890. The molecule has 1 aliphatic heterocycles. The molecule has 6 heteroatoms. The minimum Gasteiger partial charge on any atom is -0.330 e. The first kappa shape index (κ1) is 48.0. The summed E-state index contributed by atoms with van der Waals surface area (Å²) < 4.78 is 5.64. The molecule has 328 valence electrons. The van der Waals surface area contributed by atoms with Gasteiger partial charge in [0.1, 0.15) is 0 Å². The van der Waals surface area contributed by atoms with Crippen LogP contribution in [0.4, 0.5) is 22.7 Å². The van der Waals surface area contributed by atoms with Crippen LogP contribution >= 0.6 is 16.7 Å². The zero-order valence-corrected chi connectivity index (χ0v) is 43.7. The van der Waals surface area contributed by atoms with Gasteiger partial charge in [-0.05, 0) is 113 Å². The fraction of sp³-hybridized carbons (Fsp3) is 0.556. The molecule has 0 unspecified atom stereocenters. The van der Waals surface area contributed by atoms with E-state index in [1.54, 1.807) is 0 Å². The van der Waals surface area contributed by atoms with Crippen molar-refractivity contribution in [1.29, 1.82) is 0 Å². The van der Waals surface area contributed by atoms with Crippen LogP contribution in [0.3, 0.4) is 0 Å². The second kappa shape index (κ2) is 16.6. The molecule has 2 N–H and O–H groups in total. The molecule has 0 radical (unpaired) electrons. The van der Waals surface area contributed by atoms with Crippen molar-refractivity contribution in [3.63, 3.8) is 0 Å². The number of rotatable bonds is 8. The maximum atomic E-state index is 4.28. The van der Waals surface area contributed by atoms with E-state index in [1.165, 1.54) is 55.9 Å². The fourth-order valence-electron chi connectivity index (χ4n) is 7.83. The van der Waals surface area contributed by atoms with Gasteiger partial charge in [-0.25, -0.2) is 0 Å². The molecule has 4 aromatic carbocycles. The Labute approximate surface area is 371 Å². The van der Waals surface area contributed by atoms with Crippen molar-refractivity contribution >= 4 is 39.5 Å². The molecule has 0 amide bonds. The lowest BCUT2D eigenvalue weighted by Crippen LogP contribution is -2.46. The largest absolute Gasteiger partial charge is 0.330 e. The minimum atomic E-state index is -1.18. The summed E-state index contributed by atoms with van der Waals surface area (Å²) in [6.07, 6.45) is 0.